The van der Waals surface area contributed by atoms with Gasteiger partial charge in [0.1, 0.15) is 5.69 Å². The molecule has 0 bridgehead atoms. The van der Waals surface area contributed by atoms with E-state index in [-0.39, 0.29) is 18.3 Å². The Morgan fingerprint density at radius 3 is 2.65 bits per heavy atom. The van der Waals surface area contributed by atoms with Gasteiger partial charge in [-0.25, -0.2) is 0 Å². The number of nitrogens with zero attached hydrogens (tertiary/aromatic N) is 1. The maximum Gasteiger partial charge on any atom is 0.293 e. The lowest BCUT2D eigenvalue weighted by Crippen LogP contribution is -2.12. The second-order valence-electron chi connectivity index (χ2n) is 3.99. The number of halogens is 1. The Labute approximate surface area is 108 Å². The lowest BCUT2D eigenvalue weighted by Gasteiger charge is -2.12. The fraction of sp³-hybridized carbons (Fsp3) is 0.455. The number of hydrogen-bond acceptors (Lipinski definition) is 4. The summed E-state index contributed by atoms with van der Waals surface area (Å²) in [6, 6.07) is 3.28. The van der Waals surface area contributed by atoms with Gasteiger partial charge in [0.15, 0.2) is 0 Å². The van der Waals surface area contributed by atoms with Gasteiger partial charge in [0.25, 0.3) is 5.69 Å². The van der Waals surface area contributed by atoms with Crippen LogP contribution in [0.15, 0.2) is 16.6 Å². The smallest absolute Gasteiger partial charge is 0.293 e. The zero-order valence-corrected chi connectivity index (χ0v) is 11.3. The van der Waals surface area contributed by atoms with Gasteiger partial charge < -0.3 is 10.4 Å². The van der Waals surface area contributed by atoms with E-state index in [2.05, 4.69) is 21.2 Å². The van der Waals surface area contributed by atoms with E-state index in [1.165, 1.54) is 6.07 Å². The standard InChI is InChI=1S/C11H15BrN2O3/c1-7(2)13-10-5-8(3-4-15)9(12)6-11(10)14(16)17/h5-7,13,15H,3-4H2,1-2H3. The Hall–Kier alpha value is -1.14. The molecule has 1 aromatic rings. The van der Waals surface area contributed by atoms with E-state index in [0.717, 1.165) is 5.56 Å². The summed E-state index contributed by atoms with van der Waals surface area (Å²) >= 11 is 3.27. The molecule has 6 heteroatoms. The van der Waals surface area contributed by atoms with Gasteiger partial charge in [-0.05, 0) is 31.9 Å². The third-order valence-corrected chi connectivity index (χ3v) is 2.92. The highest BCUT2D eigenvalue weighted by Crippen LogP contribution is 2.32. The number of anilines is 1. The van der Waals surface area contributed by atoms with Gasteiger partial charge >= 0.3 is 0 Å². The first kappa shape index (κ1) is 13.9. The van der Waals surface area contributed by atoms with Crippen LogP contribution in [0.3, 0.4) is 0 Å². The van der Waals surface area contributed by atoms with Crippen LogP contribution in [0.5, 0.6) is 0 Å². The zero-order chi connectivity index (χ0) is 13.0. The zero-order valence-electron chi connectivity index (χ0n) is 9.74. The van der Waals surface area contributed by atoms with Crippen molar-refractivity contribution in [3.63, 3.8) is 0 Å². The molecule has 2 N–H and O–H groups in total. The van der Waals surface area contributed by atoms with Crippen LogP contribution in [-0.4, -0.2) is 22.7 Å². The summed E-state index contributed by atoms with van der Waals surface area (Å²) in [5.41, 5.74) is 1.37. The average molecular weight is 303 g/mol. The van der Waals surface area contributed by atoms with Crippen molar-refractivity contribution < 1.29 is 10.0 Å². The highest BCUT2D eigenvalue weighted by molar-refractivity contribution is 9.10. The van der Waals surface area contributed by atoms with Gasteiger partial charge in [-0.3, -0.25) is 10.1 Å². The van der Waals surface area contributed by atoms with Gasteiger partial charge in [-0.2, -0.15) is 0 Å². The molecular formula is C11H15BrN2O3. The Bertz CT molecular complexity index is 421. The number of hydrogen-bond donors (Lipinski definition) is 2. The van der Waals surface area contributed by atoms with Crippen molar-refractivity contribution in [2.75, 3.05) is 11.9 Å². The van der Waals surface area contributed by atoms with Crippen molar-refractivity contribution in [3.05, 3.63) is 32.3 Å². The summed E-state index contributed by atoms with van der Waals surface area (Å²) in [5, 5.41) is 22.9. The minimum absolute atomic E-state index is 0.0114. The predicted molar refractivity (Wildman–Crippen MR) is 70.3 cm³/mol. The molecule has 0 spiro atoms. The van der Waals surface area contributed by atoms with Crippen LogP contribution in [-0.2, 0) is 6.42 Å². The highest BCUT2D eigenvalue weighted by atomic mass is 79.9. The maximum absolute atomic E-state index is 10.9. The molecule has 0 atom stereocenters. The lowest BCUT2D eigenvalue weighted by molar-refractivity contribution is -0.384. The molecule has 17 heavy (non-hydrogen) atoms. The normalized spacial score (nSPS) is 10.6. The van der Waals surface area contributed by atoms with E-state index >= 15 is 0 Å². The van der Waals surface area contributed by atoms with Crippen LogP contribution in [0.4, 0.5) is 11.4 Å². The lowest BCUT2D eigenvalue weighted by atomic mass is 10.1. The third kappa shape index (κ3) is 3.67. The minimum Gasteiger partial charge on any atom is -0.396 e. The SMILES string of the molecule is CC(C)Nc1cc(CCO)c(Br)cc1[N+](=O)[O-]. The second kappa shape index (κ2) is 5.97. The molecule has 0 aliphatic rings. The summed E-state index contributed by atoms with van der Waals surface area (Å²) in [7, 11) is 0. The van der Waals surface area contributed by atoms with Crippen LogP contribution >= 0.6 is 15.9 Å². The van der Waals surface area contributed by atoms with Gasteiger partial charge in [-0.1, -0.05) is 15.9 Å². The van der Waals surface area contributed by atoms with Crippen molar-refractivity contribution in [2.24, 2.45) is 0 Å². The summed E-state index contributed by atoms with van der Waals surface area (Å²) in [6.45, 7) is 3.84. The first-order valence-corrected chi connectivity index (χ1v) is 6.09. The molecule has 0 saturated carbocycles. The highest BCUT2D eigenvalue weighted by Gasteiger charge is 2.17. The van der Waals surface area contributed by atoms with E-state index in [1.54, 1.807) is 6.07 Å². The van der Waals surface area contributed by atoms with E-state index in [9.17, 15) is 10.1 Å². The van der Waals surface area contributed by atoms with E-state index in [0.29, 0.717) is 16.6 Å². The topological polar surface area (TPSA) is 75.4 Å². The molecular weight excluding hydrogens is 288 g/mol. The van der Waals surface area contributed by atoms with Crippen molar-refractivity contribution in [3.8, 4) is 0 Å². The maximum atomic E-state index is 10.9. The first-order valence-electron chi connectivity index (χ1n) is 5.30. The fourth-order valence-electron chi connectivity index (χ4n) is 1.50. The van der Waals surface area contributed by atoms with Crippen molar-refractivity contribution in [2.45, 2.75) is 26.3 Å². The molecule has 0 aliphatic heterocycles. The minimum atomic E-state index is -0.418. The number of benzene rings is 1. The van der Waals surface area contributed by atoms with Crippen molar-refractivity contribution in [1.82, 2.24) is 0 Å². The molecule has 0 aliphatic carbocycles. The van der Waals surface area contributed by atoms with Gasteiger partial charge in [0, 0.05) is 23.2 Å². The van der Waals surface area contributed by atoms with Gasteiger partial charge in [-0.15, -0.1) is 0 Å². The monoisotopic (exact) mass is 302 g/mol. The van der Waals surface area contributed by atoms with E-state index in [4.69, 9.17) is 5.11 Å². The second-order valence-corrected chi connectivity index (χ2v) is 4.84. The molecule has 0 aromatic heterocycles. The Morgan fingerprint density at radius 2 is 2.18 bits per heavy atom. The average Bonchev–Trinajstić information content (AvgIpc) is 2.21. The van der Waals surface area contributed by atoms with E-state index in [1.807, 2.05) is 13.8 Å². The number of nitro benzene ring substituents is 1. The molecule has 0 radical (unpaired) electrons. The summed E-state index contributed by atoms with van der Waals surface area (Å²) in [6.07, 6.45) is 0.464. The molecule has 94 valence electrons. The number of aliphatic hydroxyl groups is 1. The number of aliphatic hydroxyl groups excluding tert-OH is 1. The molecule has 0 fully saturated rings. The molecule has 0 unspecified atom stereocenters. The van der Waals surface area contributed by atoms with Crippen LogP contribution < -0.4 is 5.32 Å². The molecule has 1 rings (SSSR count). The van der Waals surface area contributed by atoms with Gasteiger partial charge in [0.2, 0.25) is 0 Å². The molecule has 0 saturated heterocycles. The summed E-state index contributed by atoms with van der Waals surface area (Å²) < 4.78 is 0.646. The van der Waals surface area contributed by atoms with Gasteiger partial charge in [0.05, 0.1) is 4.92 Å². The first-order chi connectivity index (χ1) is 7.95. The largest absolute Gasteiger partial charge is 0.396 e. The van der Waals surface area contributed by atoms with Crippen LogP contribution in [0.2, 0.25) is 0 Å². The number of nitrogens with one attached hydrogen (secondary N) is 1. The molecule has 0 heterocycles. The Morgan fingerprint density at radius 1 is 1.53 bits per heavy atom. The fourth-order valence-corrected chi connectivity index (χ4v) is 2.03. The Balaban J connectivity index is 3.21. The van der Waals surface area contributed by atoms with Crippen LogP contribution in [0, 0.1) is 10.1 Å². The summed E-state index contributed by atoms with van der Waals surface area (Å²) in [4.78, 5) is 10.5. The molecule has 0 amide bonds. The summed E-state index contributed by atoms with van der Waals surface area (Å²) in [5.74, 6) is 0. The molecule has 1 aromatic carbocycles. The van der Waals surface area contributed by atoms with E-state index < -0.39 is 4.92 Å². The van der Waals surface area contributed by atoms with Crippen molar-refractivity contribution >= 4 is 27.3 Å². The quantitative estimate of drug-likeness (QED) is 0.648. The predicted octanol–water partition coefficient (Wildman–Crippen LogP) is 2.71. The number of rotatable bonds is 5. The van der Waals surface area contributed by atoms with Crippen molar-refractivity contribution in [1.29, 1.82) is 0 Å². The number of nitro groups is 1. The third-order valence-electron chi connectivity index (χ3n) is 2.19. The van der Waals surface area contributed by atoms with Crippen LogP contribution in [0.25, 0.3) is 0 Å². The Kier molecular flexibility index (Phi) is 4.89. The molecule has 5 nitrogen and oxygen atoms in total. The van der Waals surface area contributed by atoms with Crippen LogP contribution in [0.1, 0.15) is 19.4 Å².